The molecule has 0 spiro atoms. The standard InChI is InChI=1S/C10H19NO5.6CH4/c12-5-1-2-7-15-9-4-11-10(14)16-8-3-6-13;;;;;;/h5,13H,1-4,6-9H2,(H,11,14);6*1H4. The fourth-order valence-electron chi connectivity index (χ4n) is 0.876. The summed E-state index contributed by atoms with van der Waals surface area (Å²) in [4.78, 5) is 20.9. The number of aliphatic hydroxyl groups is 1. The van der Waals surface area contributed by atoms with Gasteiger partial charge in [0.2, 0.25) is 0 Å². The molecule has 22 heavy (non-hydrogen) atoms. The Morgan fingerprint density at radius 1 is 0.955 bits per heavy atom. The van der Waals surface area contributed by atoms with Crippen LogP contribution in [0.4, 0.5) is 4.79 Å². The van der Waals surface area contributed by atoms with Gasteiger partial charge in [0.05, 0.1) is 13.2 Å². The summed E-state index contributed by atoms with van der Waals surface area (Å²) in [7, 11) is 0. The molecule has 0 rings (SSSR count). The van der Waals surface area contributed by atoms with E-state index in [9.17, 15) is 9.59 Å². The van der Waals surface area contributed by atoms with Gasteiger partial charge in [-0.3, -0.25) is 0 Å². The third kappa shape index (κ3) is 36.4. The molecule has 6 nitrogen and oxygen atoms in total. The average Bonchev–Trinajstić information content (AvgIpc) is 2.28. The second-order valence-corrected chi connectivity index (χ2v) is 3.06. The Hall–Kier alpha value is -1.14. The Kier molecular flexibility index (Phi) is 71.6. The number of aldehydes is 1. The number of ether oxygens (including phenoxy) is 2. The predicted octanol–water partition coefficient (Wildman–Crippen LogP) is 3.91. The van der Waals surface area contributed by atoms with Crippen LogP contribution in [0.2, 0.25) is 0 Å². The number of amides is 1. The highest BCUT2D eigenvalue weighted by molar-refractivity contribution is 5.66. The summed E-state index contributed by atoms with van der Waals surface area (Å²) in [6.07, 6.45) is 1.97. The molecule has 0 fully saturated rings. The summed E-state index contributed by atoms with van der Waals surface area (Å²) in [6.45, 7) is 1.50. The predicted molar refractivity (Wildman–Crippen MR) is 97.6 cm³/mol. The average molecular weight is 330 g/mol. The van der Waals surface area contributed by atoms with Crippen LogP contribution in [0.3, 0.4) is 0 Å². The number of alkyl carbamates (subject to hydrolysis) is 1. The lowest BCUT2D eigenvalue weighted by Gasteiger charge is -2.06. The number of aliphatic hydroxyl groups excluding tert-OH is 1. The minimum absolute atomic E-state index is 0. The van der Waals surface area contributed by atoms with Crippen molar-refractivity contribution in [2.45, 2.75) is 63.8 Å². The van der Waals surface area contributed by atoms with E-state index in [4.69, 9.17) is 14.6 Å². The Morgan fingerprint density at radius 2 is 1.55 bits per heavy atom. The van der Waals surface area contributed by atoms with Crippen LogP contribution in [-0.4, -0.2) is 50.5 Å². The molecule has 1 amide bonds. The van der Waals surface area contributed by atoms with Crippen molar-refractivity contribution in [1.82, 2.24) is 5.32 Å². The normalized spacial score (nSPS) is 7.14. The fourth-order valence-corrected chi connectivity index (χ4v) is 0.876. The van der Waals surface area contributed by atoms with Gasteiger partial charge in [-0.05, 0) is 6.42 Å². The van der Waals surface area contributed by atoms with Crippen molar-refractivity contribution in [1.29, 1.82) is 0 Å². The van der Waals surface area contributed by atoms with Gasteiger partial charge in [-0.2, -0.15) is 0 Å². The van der Waals surface area contributed by atoms with Gasteiger partial charge >= 0.3 is 6.09 Å². The van der Waals surface area contributed by atoms with Gasteiger partial charge in [0.1, 0.15) is 6.29 Å². The molecular formula is C16H43NO5. The van der Waals surface area contributed by atoms with E-state index >= 15 is 0 Å². The van der Waals surface area contributed by atoms with E-state index in [0.29, 0.717) is 39.0 Å². The summed E-state index contributed by atoms with van der Waals surface area (Å²) >= 11 is 0. The molecule has 0 aliphatic carbocycles. The Labute approximate surface area is 139 Å². The first-order valence-corrected chi connectivity index (χ1v) is 5.34. The zero-order chi connectivity index (χ0) is 12.1. The highest BCUT2D eigenvalue weighted by Crippen LogP contribution is 1.86. The van der Waals surface area contributed by atoms with E-state index in [0.717, 1.165) is 6.29 Å². The maximum atomic E-state index is 10.9. The van der Waals surface area contributed by atoms with E-state index in [1.165, 1.54) is 0 Å². The number of rotatable bonds is 10. The smallest absolute Gasteiger partial charge is 0.407 e. The summed E-state index contributed by atoms with van der Waals surface area (Å²) in [5, 5.41) is 10.9. The number of unbranched alkanes of at least 4 members (excludes halogenated alkanes) is 1. The summed E-state index contributed by atoms with van der Waals surface area (Å²) in [5.74, 6) is 0. The van der Waals surface area contributed by atoms with Crippen molar-refractivity contribution >= 4 is 12.4 Å². The van der Waals surface area contributed by atoms with Gasteiger partial charge < -0.3 is 24.7 Å². The van der Waals surface area contributed by atoms with Crippen molar-refractivity contribution in [2.24, 2.45) is 0 Å². The van der Waals surface area contributed by atoms with E-state index < -0.39 is 6.09 Å². The number of carbonyl (C=O) groups excluding carboxylic acids is 2. The highest BCUT2D eigenvalue weighted by atomic mass is 16.5. The zero-order valence-corrected chi connectivity index (χ0v) is 9.31. The van der Waals surface area contributed by atoms with E-state index in [2.05, 4.69) is 5.32 Å². The van der Waals surface area contributed by atoms with Gasteiger partial charge in [0, 0.05) is 32.6 Å². The quantitative estimate of drug-likeness (QED) is 0.469. The molecule has 0 aromatic heterocycles. The minimum Gasteiger partial charge on any atom is -0.449 e. The zero-order valence-electron chi connectivity index (χ0n) is 9.31. The molecule has 6 heteroatoms. The molecule has 0 aromatic carbocycles. The topological polar surface area (TPSA) is 84.9 Å². The van der Waals surface area contributed by atoms with Crippen molar-refractivity contribution < 1.29 is 24.2 Å². The van der Waals surface area contributed by atoms with Crippen LogP contribution in [-0.2, 0) is 14.3 Å². The van der Waals surface area contributed by atoms with Crippen molar-refractivity contribution in [3.05, 3.63) is 0 Å². The molecule has 142 valence electrons. The largest absolute Gasteiger partial charge is 0.449 e. The van der Waals surface area contributed by atoms with Crippen molar-refractivity contribution in [2.75, 3.05) is 33.0 Å². The molecular weight excluding hydrogens is 286 g/mol. The van der Waals surface area contributed by atoms with E-state index in [-0.39, 0.29) is 57.8 Å². The number of hydrogen-bond acceptors (Lipinski definition) is 5. The summed E-state index contributed by atoms with van der Waals surface area (Å²) in [6, 6.07) is 0. The van der Waals surface area contributed by atoms with Gasteiger partial charge in [0.25, 0.3) is 0 Å². The molecule has 0 aliphatic heterocycles. The maximum Gasteiger partial charge on any atom is 0.407 e. The Balaban J connectivity index is -0.0000000750. The first-order valence-electron chi connectivity index (χ1n) is 5.34. The molecule has 0 atom stereocenters. The molecule has 0 unspecified atom stereocenters. The molecule has 0 aromatic rings. The lowest BCUT2D eigenvalue weighted by Crippen LogP contribution is -2.28. The number of carbonyl (C=O) groups is 2. The molecule has 0 heterocycles. The Bertz CT molecular complexity index is 189. The molecule has 2 N–H and O–H groups in total. The van der Waals surface area contributed by atoms with E-state index in [1.807, 2.05) is 0 Å². The van der Waals surface area contributed by atoms with Crippen LogP contribution < -0.4 is 5.32 Å². The molecule has 0 radical (unpaired) electrons. The van der Waals surface area contributed by atoms with Crippen LogP contribution in [0.25, 0.3) is 0 Å². The van der Waals surface area contributed by atoms with Gasteiger partial charge in [0.15, 0.2) is 0 Å². The van der Waals surface area contributed by atoms with Crippen LogP contribution in [0, 0.1) is 0 Å². The van der Waals surface area contributed by atoms with E-state index in [1.54, 1.807) is 0 Å². The van der Waals surface area contributed by atoms with Crippen LogP contribution >= 0.6 is 0 Å². The monoisotopic (exact) mass is 329 g/mol. The maximum absolute atomic E-state index is 10.9. The minimum atomic E-state index is -0.509. The summed E-state index contributed by atoms with van der Waals surface area (Å²) < 4.78 is 9.86. The molecule has 0 saturated heterocycles. The SMILES string of the molecule is C.C.C.C.C.C.O=CCCCOCCNC(=O)OCCCO. The van der Waals surface area contributed by atoms with Crippen molar-refractivity contribution in [3.8, 4) is 0 Å². The lowest BCUT2D eigenvalue weighted by molar-refractivity contribution is -0.108. The van der Waals surface area contributed by atoms with Crippen LogP contribution in [0.5, 0.6) is 0 Å². The second-order valence-electron chi connectivity index (χ2n) is 3.06. The first-order chi connectivity index (χ1) is 7.81. The molecule has 0 aliphatic rings. The van der Waals surface area contributed by atoms with Gasteiger partial charge in [-0.15, -0.1) is 0 Å². The second kappa shape index (κ2) is 36.8. The van der Waals surface area contributed by atoms with Crippen LogP contribution in [0.1, 0.15) is 63.8 Å². The van der Waals surface area contributed by atoms with Gasteiger partial charge in [-0.25, -0.2) is 4.79 Å². The number of nitrogens with one attached hydrogen (secondary N) is 1. The fraction of sp³-hybridized carbons (Fsp3) is 0.875. The van der Waals surface area contributed by atoms with Gasteiger partial charge in [-0.1, -0.05) is 44.6 Å². The molecule has 0 saturated carbocycles. The summed E-state index contributed by atoms with van der Waals surface area (Å²) in [5.41, 5.74) is 0. The highest BCUT2D eigenvalue weighted by Gasteiger charge is 1.99. The first kappa shape index (κ1) is 42.8. The lowest BCUT2D eigenvalue weighted by atomic mass is 10.3. The third-order valence-electron chi connectivity index (χ3n) is 1.66. The molecule has 0 bridgehead atoms. The van der Waals surface area contributed by atoms with Crippen LogP contribution in [0.15, 0.2) is 0 Å². The van der Waals surface area contributed by atoms with Crippen molar-refractivity contribution in [3.63, 3.8) is 0 Å². The third-order valence-corrected chi connectivity index (χ3v) is 1.66. The Morgan fingerprint density at radius 3 is 2.05 bits per heavy atom. The number of hydrogen-bond donors (Lipinski definition) is 2.